The summed E-state index contributed by atoms with van der Waals surface area (Å²) in [6.45, 7) is 8.67. The van der Waals surface area contributed by atoms with Crippen LogP contribution in [-0.2, 0) is 6.42 Å². The lowest BCUT2D eigenvalue weighted by molar-refractivity contribution is 0.667. The third-order valence-electron chi connectivity index (χ3n) is 3.09. The predicted molar refractivity (Wildman–Crippen MR) is 83.1 cm³/mol. The number of rotatable bonds is 9. The van der Waals surface area contributed by atoms with Crippen molar-refractivity contribution >= 4 is 17.4 Å². The van der Waals surface area contributed by atoms with Crippen LogP contribution in [0.1, 0.15) is 58.7 Å². The van der Waals surface area contributed by atoms with Gasteiger partial charge in [0.1, 0.15) is 16.8 Å². The van der Waals surface area contributed by atoms with Crippen molar-refractivity contribution in [2.45, 2.75) is 59.3 Å². The van der Waals surface area contributed by atoms with E-state index in [0.29, 0.717) is 5.15 Å². The molecule has 0 saturated heterocycles. The Hall–Kier alpha value is -0.830. The molecule has 0 atom stereocenters. The van der Waals surface area contributed by atoms with E-state index < -0.39 is 0 Å². The van der Waals surface area contributed by atoms with Crippen LogP contribution < -0.4 is 4.90 Å². The third-order valence-corrected chi connectivity index (χ3v) is 3.28. The molecule has 0 aliphatic rings. The number of unbranched alkanes of at least 4 members (excludes halogenated alkanes) is 2. The second kappa shape index (κ2) is 9.13. The highest BCUT2D eigenvalue weighted by Gasteiger charge is 2.10. The minimum atomic E-state index is 0.562. The van der Waals surface area contributed by atoms with Crippen molar-refractivity contribution in [1.29, 1.82) is 0 Å². The van der Waals surface area contributed by atoms with Crippen molar-refractivity contribution in [3.05, 3.63) is 17.0 Å². The molecule has 108 valence electrons. The van der Waals surface area contributed by atoms with Gasteiger partial charge in [0.25, 0.3) is 0 Å². The Kier molecular flexibility index (Phi) is 7.80. The van der Waals surface area contributed by atoms with E-state index in [2.05, 4.69) is 35.6 Å². The Morgan fingerprint density at radius 2 is 1.63 bits per heavy atom. The summed E-state index contributed by atoms with van der Waals surface area (Å²) in [6, 6.07) is 1.89. The van der Waals surface area contributed by atoms with Gasteiger partial charge in [-0.15, -0.1) is 0 Å². The number of nitrogens with zero attached hydrogens (tertiary/aromatic N) is 3. The summed E-state index contributed by atoms with van der Waals surface area (Å²) >= 11 is 6.12. The summed E-state index contributed by atoms with van der Waals surface area (Å²) < 4.78 is 0. The van der Waals surface area contributed by atoms with Crippen molar-refractivity contribution in [3.63, 3.8) is 0 Å². The lowest BCUT2D eigenvalue weighted by Crippen LogP contribution is -2.27. The van der Waals surface area contributed by atoms with Gasteiger partial charge in [0, 0.05) is 25.6 Å². The van der Waals surface area contributed by atoms with Crippen molar-refractivity contribution in [3.8, 4) is 0 Å². The summed E-state index contributed by atoms with van der Waals surface area (Å²) in [7, 11) is 0. The molecule has 0 radical (unpaired) electrons. The van der Waals surface area contributed by atoms with E-state index in [-0.39, 0.29) is 0 Å². The molecule has 1 heterocycles. The van der Waals surface area contributed by atoms with Gasteiger partial charge in [-0.05, 0) is 19.3 Å². The zero-order chi connectivity index (χ0) is 14.1. The topological polar surface area (TPSA) is 29.0 Å². The SMILES string of the molecule is CCCCN(CCCC)c1cc(Cl)nc(CCC)n1. The molecule has 0 spiro atoms. The molecule has 0 amide bonds. The maximum Gasteiger partial charge on any atom is 0.134 e. The van der Waals surface area contributed by atoms with Gasteiger partial charge in [-0.1, -0.05) is 45.2 Å². The van der Waals surface area contributed by atoms with Crippen LogP contribution in [0.5, 0.6) is 0 Å². The van der Waals surface area contributed by atoms with E-state index >= 15 is 0 Å². The number of halogens is 1. The highest BCUT2D eigenvalue weighted by Crippen LogP contribution is 2.18. The molecule has 0 unspecified atom stereocenters. The van der Waals surface area contributed by atoms with Crippen LogP contribution in [0.3, 0.4) is 0 Å². The first-order valence-corrected chi connectivity index (χ1v) is 7.87. The minimum Gasteiger partial charge on any atom is -0.356 e. The molecule has 0 saturated carbocycles. The van der Waals surface area contributed by atoms with Crippen LogP contribution in [0.25, 0.3) is 0 Å². The van der Waals surface area contributed by atoms with Crippen LogP contribution in [0.4, 0.5) is 5.82 Å². The van der Waals surface area contributed by atoms with E-state index in [0.717, 1.165) is 37.6 Å². The highest BCUT2D eigenvalue weighted by atomic mass is 35.5. The Bertz CT molecular complexity index is 360. The van der Waals surface area contributed by atoms with E-state index in [4.69, 9.17) is 11.6 Å². The maximum absolute atomic E-state index is 6.12. The number of hydrogen-bond donors (Lipinski definition) is 0. The quantitative estimate of drug-likeness (QED) is 0.625. The van der Waals surface area contributed by atoms with Gasteiger partial charge in [0.2, 0.25) is 0 Å². The predicted octanol–water partition coefficient (Wildman–Crippen LogP) is 4.49. The zero-order valence-electron chi connectivity index (χ0n) is 12.5. The van der Waals surface area contributed by atoms with E-state index in [1.54, 1.807) is 0 Å². The lowest BCUT2D eigenvalue weighted by atomic mass is 10.2. The number of aryl methyl sites for hydroxylation is 1. The second-order valence-electron chi connectivity index (χ2n) is 4.91. The first kappa shape index (κ1) is 16.2. The number of anilines is 1. The van der Waals surface area contributed by atoms with E-state index in [1.807, 2.05) is 6.07 Å². The van der Waals surface area contributed by atoms with E-state index in [1.165, 1.54) is 25.7 Å². The van der Waals surface area contributed by atoms with Crippen LogP contribution in [0.2, 0.25) is 5.15 Å². The minimum absolute atomic E-state index is 0.562. The van der Waals surface area contributed by atoms with Crippen LogP contribution >= 0.6 is 11.6 Å². The fourth-order valence-electron chi connectivity index (χ4n) is 1.99. The molecular weight excluding hydrogens is 258 g/mol. The highest BCUT2D eigenvalue weighted by molar-refractivity contribution is 6.29. The smallest absolute Gasteiger partial charge is 0.134 e. The maximum atomic E-state index is 6.12. The molecule has 0 aliphatic carbocycles. The Morgan fingerprint density at radius 3 is 2.16 bits per heavy atom. The second-order valence-corrected chi connectivity index (χ2v) is 5.30. The fourth-order valence-corrected chi connectivity index (χ4v) is 2.18. The summed E-state index contributed by atoms with van der Waals surface area (Å²) in [5, 5.41) is 0.562. The van der Waals surface area contributed by atoms with Crippen molar-refractivity contribution in [1.82, 2.24) is 9.97 Å². The van der Waals surface area contributed by atoms with Crippen molar-refractivity contribution in [2.75, 3.05) is 18.0 Å². The van der Waals surface area contributed by atoms with Gasteiger partial charge in [-0.25, -0.2) is 9.97 Å². The van der Waals surface area contributed by atoms with Crippen LogP contribution in [0, 0.1) is 0 Å². The number of aromatic nitrogens is 2. The van der Waals surface area contributed by atoms with Gasteiger partial charge in [0.15, 0.2) is 0 Å². The summed E-state index contributed by atoms with van der Waals surface area (Å²) in [5.74, 6) is 1.85. The first-order chi connectivity index (χ1) is 9.21. The average Bonchev–Trinajstić information content (AvgIpc) is 2.38. The van der Waals surface area contributed by atoms with Crippen molar-refractivity contribution < 1.29 is 0 Å². The molecule has 3 nitrogen and oxygen atoms in total. The molecule has 0 fully saturated rings. The van der Waals surface area contributed by atoms with Gasteiger partial charge in [-0.2, -0.15) is 0 Å². The normalized spacial score (nSPS) is 10.7. The molecule has 1 aromatic heterocycles. The fraction of sp³-hybridized carbons (Fsp3) is 0.733. The van der Waals surface area contributed by atoms with Crippen LogP contribution in [0.15, 0.2) is 6.07 Å². The first-order valence-electron chi connectivity index (χ1n) is 7.49. The van der Waals surface area contributed by atoms with Gasteiger partial charge >= 0.3 is 0 Å². The molecule has 4 heteroatoms. The standard InChI is InChI=1S/C15H26ClN3/c1-4-7-10-19(11-8-5-2)15-12-13(16)17-14(18-15)9-6-3/h12H,4-11H2,1-3H3. The summed E-state index contributed by atoms with van der Waals surface area (Å²) in [4.78, 5) is 11.3. The summed E-state index contributed by atoms with van der Waals surface area (Å²) in [5.41, 5.74) is 0. The molecule has 0 N–H and O–H groups in total. The largest absolute Gasteiger partial charge is 0.356 e. The molecule has 0 aromatic carbocycles. The molecule has 1 rings (SSSR count). The van der Waals surface area contributed by atoms with Gasteiger partial charge in [-0.3, -0.25) is 0 Å². The monoisotopic (exact) mass is 283 g/mol. The summed E-state index contributed by atoms with van der Waals surface area (Å²) in [6.07, 6.45) is 6.71. The molecule has 0 bridgehead atoms. The Labute approximate surface area is 122 Å². The molecule has 0 aliphatic heterocycles. The molecular formula is C15H26ClN3. The Balaban J connectivity index is 2.85. The Morgan fingerprint density at radius 1 is 1.00 bits per heavy atom. The van der Waals surface area contributed by atoms with Crippen molar-refractivity contribution in [2.24, 2.45) is 0 Å². The third kappa shape index (κ3) is 5.77. The van der Waals surface area contributed by atoms with Gasteiger partial charge in [0.05, 0.1) is 0 Å². The van der Waals surface area contributed by atoms with Crippen LogP contribution in [-0.4, -0.2) is 23.1 Å². The van der Waals surface area contributed by atoms with Gasteiger partial charge < -0.3 is 4.90 Å². The zero-order valence-corrected chi connectivity index (χ0v) is 13.2. The molecule has 19 heavy (non-hydrogen) atoms. The lowest BCUT2D eigenvalue weighted by Gasteiger charge is -2.24. The average molecular weight is 284 g/mol. The number of hydrogen-bond acceptors (Lipinski definition) is 3. The van der Waals surface area contributed by atoms with E-state index in [9.17, 15) is 0 Å². The molecule has 1 aromatic rings.